The molecule has 0 unspecified atom stereocenters. The molecule has 8 heteroatoms. The molecule has 0 fully saturated rings. The summed E-state index contributed by atoms with van der Waals surface area (Å²) in [5, 5.41) is 11.8. The zero-order chi connectivity index (χ0) is 19.1. The maximum Gasteiger partial charge on any atom is 0.262 e. The Balaban J connectivity index is 2.07. The Labute approximate surface area is 156 Å². The average molecular weight is 377 g/mol. The van der Waals surface area contributed by atoms with E-state index in [1.54, 1.807) is 18.2 Å². The van der Waals surface area contributed by atoms with Crippen LogP contribution < -0.4 is 24.3 Å². The number of methoxy groups -OCH3 is 3. The van der Waals surface area contributed by atoms with Crippen LogP contribution in [-0.2, 0) is 4.79 Å². The monoisotopic (exact) mass is 376 g/mol. The summed E-state index contributed by atoms with van der Waals surface area (Å²) < 4.78 is 20.9. The fourth-order valence-electron chi connectivity index (χ4n) is 2.17. The molecule has 0 aromatic heterocycles. The Kier molecular flexibility index (Phi) is 6.53. The predicted molar refractivity (Wildman–Crippen MR) is 96.4 cm³/mol. The zero-order valence-corrected chi connectivity index (χ0v) is 15.2. The first-order valence-corrected chi connectivity index (χ1v) is 7.82. The highest BCUT2D eigenvalue weighted by Crippen LogP contribution is 2.36. The van der Waals surface area contributed by atoms with E-state index < -0.39 is 5.91 Å². The summed E-state index contributed by atoms with van der Waals surface area (Å²) in [4.78, 5) is 12.1. The Morgan fingerprint density at radius 1 is 1.08 bits per heavy atom. The van der Waals surface area contributed by atoms with Crippen LogP contribution in [0.2, 0.25) is 5.02 Å². The normalized spacial score (nSPS) is 9.81. The minimum absolute atomic E-state index is 0.180. The number of ether oxygens (including phenoxy) is 4. The molecule has 0 saturated carbocycles. The third-order valence-electron chi connectivity index (χ3n) is 3.37. The summed E-state index contributed by atoms with van der Waals surface area (Å²) in [6, 6.07) is 9.86. The van der Waals surface area contributed by atoms with Gasteiger partial charge in [-0.15, -0.1) is 0 Å². The average Bonchev–Trinajstić information content (AvgIpc) is 2.66. The van der Waals surface area contributed by atoms with Gasteiger partial charge >= 0.3 is 0 Å². The Bertz CT molecular complexity index is 848. The number of hydrogen-bond donors (Lipinski definition) is 1. The number of carbonyl (C=O) groups excluding carboxylic acids is 1. The second-order valence-electron chi connectivity index (χ2n) is 5.01. The molecule has 0 heterocycles. The summed E-state index contributed by atoms with van der Waals surface area (Å²) >= 11 is 6.09. The van der Waals surface area contributed by atoms with Gasteiger partial charge in [0.15, 0.2) is 29.6 Å². The van der Waals surface area contributed by atoms with E-state index in [0.29, 0.717) is 22.7 Å². The van der Waals surface area contributed by atoms with Gasteiger partial charge in [0.05, 0.1) is 38.0 Å². The summed E-state index contributed by atoms with van der Waals surface area (Å²) in [6.45, 7) is -0.295. The third-order valence-corrected chi connectivity index (χ3v) is 3.65. The van der Waals surface area contributed by atoms with Crippen molar-refractivity contribution in [3.05, 3.63) is 40.9 Å². The van der Waals surface area contributed by atoms with E-state index in [-0.39, 0.29) is 23.1 Å². The lowest BCUT2D eigenvalue weighted by molar-refractivity contribution is -0.118. The molecule has 2 aromatic rings. The lowest BCUT2D eigenvalue weighted by Gasteiger charge is -2.13. The van der Waals surface area contributed by atoms with Crippen molar-refractivity contribution in [1.82, 2.24) is 0 Å². The molecule has 136 valence electrons. The van der Waals surface area contributed by atoms with Gasteiger partial charge in [-0.3, -0.25) is 4.79 Å². The molecule has 1 amide bonds. The first kappa shape index (κ1) is 19.2. The molecule has 0 saturated heterocycles. The SMILES string of the molecule is COc1ccc(NC(=O)COc2c(Cl)cc(C#N)cc2OC)cc1OC. The molecular weight excluding hydrogens is 360 g/mol. The smallest absolute Gasteiger partial charge is 0.262 e. The number of hydrogen-bond acceptors (Lipinski definition) is 6. The molecule has 0 spiro atoms. The van der Waals surface area contributed by atoms with Crippen LogP contribution in [0.1, 0.15) is 5.56 Å². The van der Waals surface area contributed by atoms with Gasteiger partial charge in [0.2, 0.25) is 0 Å². The Morgan fingerprint density at radius 2 is 1.77 bits per heavy atom. The maximum atomic E-state index is 12.1. The fraction of sp³-hybridized carbons (Fsp3) is 0.222. The third kappa shape index (κ3) is 4.49. The highest BCUT2D eigenvalue weighted by atomic mass is 35.5. The van der Waals surface area contributed by atoms with Gasteiger partial charge in [-0.1, -0.05) is 11.6 Å². The molecule has 0 bridgehead atoms. The molecule has 7 nitrogen and oxygen atoms in total. The van der Waals surface area contributed by atoms with Crippen molar-refractivity contribution < 1.29 is 23.7 Å². The van der Waals surface area contributed by atoms with E-state index in [1.165, 1.54) is 33.5 Å². The Morgan fingerprint density at radius 3 is 2.38 bits per heavy atom. The molecule has 0 aliphatic carbocycles. The second kappa shape index (κ2) is 8.83. The molecule has 26 heavy (non-hydrogen) atoms. The van der Waals surface area contributed by atoms with E-state index in [9.17, 15) is 4.79 Å². The van der Waals surface area contributed by atoms with Crippen LogP contribution in [0.3, 0.4) is 0 Å². The summed E-state index contributed by atoms with van der Waals surface area (Å²) in [6.07, 6.45) is 0. The van der Waals surface area contributed by atoms with Crippen LogP contribution in [-0.4, -0.2) is 33.8 Å². The quantitative estimate of drug-likeness (QED) is 0.797. The summed E-state index contributed by atoms with van der Waals surface area (Å²) in [5.41, 5.74) is 0.850. The van der Waals surface area contributed by atoms with Gasteiger partial charge in [0.25, 0.3) is 5.91 Å². The maximum absolute atomic E-state index is 12.1. The van der Waals surface area contributed by atoms with Crippen molar-refractivity contribution in [2.75, 3.05) is 33.3 Å². The Hall–Kier alpha value is -3.11. The minimum atomic E-state index is -0.403. The number of amides is 1. The van der Waals surface area contributed by atoms with Crippen LogP contribution in [0.25, 0.3) is 0 Å². The summed E-state index contributed by atoms with van der Waals surface area (Å²) in [5.74, 6) is 1.10. The number of halogens is 1. The van der Waals surface area contributed by atoms with Crippen LogP contribution in [0, 0.1) is 11.3 Å². The largest absolute Gasteiger partial charge is 0.493 e. The number of carbonyl (C=O) groups is 1. The number of nitriles is 1. The van der Waals surface area contributed by atoms with Gasteiger partial charge in [-0.25, -0.2) is 0 Å². The lowest BCUT2D eigenvalue weighted by atomic mass is 10.2. The zero-order valence-electron chi connectivity index (χ0n) is 14.5. The van der Waals surface area contributed by atoms with E-state index >= 15 is 0 Å². The molecule has 0 aliphatic heterocycles. The fourth-order valence-corrected chi connectivity index (χ4v) is 2.44. The molecule has 0 aliphatic rings. The van der Waals surface area contributed by atoms with Crippen molar-refractivity contribution in [1.29, 1.82) is 5.26 Å². The first-order chi connectivity index (χ1) is 12.5. The highest BCUT2D eigenvalue weighted by Gasteiger charge is 2.14. The predicted octanol–water partition coefficient (Wildman–Crippen LogP) is 3.25. The van der Waals surface area contributed by atoms with Crippen LogP contribution in [0.15, 0.2) is 30.3 Å². The van der Waals surface area contributed by atoms with Gasteiger partial charge in [0.1, 0.15) is 0 Å². The molecule has 1 N–H and O–H groups in total. The van der Waals surface area contributed by atoms with Crippen molar-refractivity contribution in [3.63, 3.8) is 0 Å². The standard InChI is InChI=1S/C18H17ClN2O5/c1-23-14-5-4-12(8-15(14)24-2)21-17(22)10-26-18-13(19)6-11(9-20)7-16(18)25-3/h4-8H,10H2,1-3H3,(H,21,22). The van der Waals surface area contributed by atoms with Crippen LogP contribution in [0.4, 0.5) is 5.69 Å². The number of benzene rings is 2. The topological polar surface area (TPSA) is 89.8 Å². The molecule has 0 radical (unpaired) electrons. The van der Waals surface area contributed by atoms with Crippen molar-refractivity contribution in [2.45, 2.75) is 0 Å². The van der Waals surface area contributed by atoms with Gasteiger partial charge in [0, 0.05) is 17.8 Å². The van der Waals surface area contributed by atoms with Gasteiger partial charge < -0.3 is 24.3 Å². The number of nitrogens with one attached hydrogen (secondary N) is 1. The van der Waals surface area contributed by atoms with E-state index in [2.05, 4.69) is 5.32 Å². The van der Waals surface area contributed by atoms with Crippen LogP contribution in [0.5, 0.6) is 23.0 Å². The van der Waals surface area contributed by atoms with Crippen molar-refractivity contribution in [2.24, 2.45) is 0 Å². The van der Waals surface area contributed by atoms with Gasteiger partial charge in [-0.2, -0.15) is 5.26 Å². The van der Waals surface area contributed by atoms with Crippen molar-refractivity contribution >= 4 is 23.2 Å². The number of rotatable bonds is 7. The van der Waals surface area contributed by atoms with E-state index in [4.69, 9.17) is 35.8 Å². The molecular formula is C18H17ClN2O5. The molecule has 2 rings (SSSR count). The van der Waals surface area contributed by atoms with E-state index in [0.717, 1.165) is 0 Å². The molecule has 0 atom stereocenters. The van der Waals surface area contributed by atoms with E-state index in [1.807, 2.05) is 6.07 Å². The molecule has 2 aromatic carbocycles. The van der Waals surface area contributed by atoms with Crippen molar-refractivity contribution in [3.8, 4) is 29.1 Å². The van der Waals surface area contributed by atoms with Crippen LogP contribution >= 0.6 is 11.6 Å². The summed E-state index contributed by atoms with van der Waals surface area (Å²) in [7, 11) is 4.45. The second-order valence-corrected chi connectivity index (χ2v) is 5.42. The lowest BCUT2D eigenvalue weighted by Crippen LogP contribution is -2.20. The minimum Gasteiger partial charge on any atom is -0.493 e. The van der Waals surface area contributed by atoms with Gasteiger partial charge in [-0.05, 0) is 18.2 Å². The number of anilines is 1. The first-order valence-electron chi connectivity index (χ1n) is 7.44. The number of nitrogens with zero attached hydrogens (tertiary/aromatic N) is 1. The highest BCUT2D eigenvalue weighted by molar-refractivity contribution is 6.32.